The van der Waals surface area contributed by atoms with Gasteiger partial charge in [-0.3, -0.25) is 0 Å². The average Bonchev–Trinajstić information content (AvgIpc) is 2.19. The molecule has 1 rings (SSSR count). The Morgan fingerprint density at radius 3 is 2.44 bits per heavy atom. The van der Waals surface area contributed by atoms with Crippen molar-refractivity contribution in [1.82, 2.24) is 0 Å². The summed E-state index contributed by atoms with van der Waals surface area (Å²) in [5.74, 6) is -0.975. The molecule has 0 saturated heterocycles. The van der Waals surface area contributed by atoms with Gasteiger partial charge >= 0.3 is 0 Å². The maximum absolute atomic E-state index is 13.7. The van der Waals surface area contributed by atoms with Crippen molar-refractivity contribution in [3.8, 4) is 0 Å². The first-order valence-electron chi connectivity index (χ1n) is 5.46. The van der Waals surface area contributed by atoms with Crippen molar-refractivity contribution in [2.75, 3.05) is 17.6 Å². The lowest BCUT2D eigenvalue weighted by Gasteiger charge is -2.22. The monoisotopic (exact) mass is 262 g/mol. The van der Waals surface area contributed by atoms with E-state index in [4.69, 9.17) is 5.73 Å². The molecule has 1 aromatic rings. The van der Waals surface area contributed by atoms with Crippen LogP contribution in [-0.2, 0) is 0 Å². The van der Waals surface area contributed by atoms with E-state index in [0.717, 1.165) is 0 Å². The summed E-state index contributed by atoms with van der Waals surface area (Å²) in [7, 11) is 0. The predicted molar refractivity (Wildman–Crippen MR) is 65.3 cm³/mol. The largest absolute Gasteiger partial charge is 0.397 e. The molecule has 0 aromatic heterocycles. The van der Waals surface area contributed by atoms with Crippen LogP contribution >= 0.6 is 0 Å². The zero-order valence-corrected chi connectivity index (χ0v) is 10.5. The quantitative estimate of drug-likeness (QED) is 0.731. The van der Waals surface area contributed by atoms with Gasteiger partial charge in [-0.25, -0.2) is 13.2 Å². The van der Waals surface area contributed by atoms with Gasteiger partial charge in [0.2, 0.25) is 0 Å². The summed E-state index contributed by atoms with van der Waals surface area (Å²) in [5, 5.41) is 12.1. The van der Waals surface area contributed by atoms with Crippen LogP contribution in [0.15, 0.2) is 6.07 Å². The van der Waals surface area contributed by atoms with Crippen molar-refractivity contribution >= 4 is 11.4 Å². The third kappa shape index (κ3) is 3.29. The van der Waals surface area contributed by atoms with Crippen LogP contribution in [0.3, 0.4) is 0 Å². The van der Waals surface area contributed by atoms with Gasteiger partial charge in [-0.2, -0.15) is 0 Å². The van der Waals surface area contributed by atoms with E-state index in [-0.39, 0.29) is 23.5 Å². The summed E-state index contributed by atoms with van der Waals surface area (Å²) in [5.41, 5.74) is 3.69. The van der Waals surface area contributed by atoms with E-state index in [1.807, 2.05) is 0 Å². The average molecular weight is 262 g/mol. The minimum atomic E-state index is -2.98. The fraction of sp³-hybridized carbons (Fsp3) is 0.500. The SMILES string of the molecule is Cc1cc(N)c(NCC(C)(C)O)c(C(F)F)c1F. The first-order chi connectivity index (χ1) is 8.13. The molecular weight excluding hydrogens is 245 g/mol. The zero-order valence-electron chi connectivity index (χ0n) is 10.5. The molecule has 0 radical (unpaired) electrons. The van der Waals surface area contributed by atoms with Gasteiger partial charge in [0.1, 0.15) is 5.82 Å². The molecule has 1 aromatic carbocycles. The molecule has 0 heterocycles. The molecule has 0 saturated carbocycles. The van der Waals surface area contributed by atoms with Crippen molar-refractivity contribution in [1.29, 1.82) is 0 Å². The van der Waals surface area contributed by atoms with Crippen LogP contribution < -0.4 is 11.1 Å². The Morgan fingerprint density at radius 2 is 2.00 bits per heavy atom. The Balaban J connectivity index is 3.21. The smallest absolute Gasteiger partial charge is 0.268 e. The zero-order chi connectivity index (χ0) is 14.1. The van der Waals surface area contributed by atoms with Gasteiger partial charge in [-0.1, -0.05) is 0 Å². The number of halogens is 3. The lowest BCUT2D eigenvalue weighted by molar-refractivity contribution is 0.0942. The maximum Gasteiger partial charge on any atom is 0.268 e. The lowest BCUT2D eigenvalue weighted by atomic mass is 10.0. The highest BCUT2D eigenvalue weighted by Crippen LogP contribution is 2.36. The van der Waals surface area contributed by atoms with Gasteiger partial charge in [0.25, 0.3) is 6.43 Å². The molecule has 0 aliphatic carbocycles. The Bertz CT molecular complexity index is 442. The van der Waals surface area contributed by atoms with Gasteiger partial charge in [0.05, 0.1) is 22.5 Å². The van der Waals surface area contributed by atoms with Crippen molar-refractivity contribution in [3.05, 3.63) is 23.0 Å². The number of benzene rings is 1. The van der Waals surface area contributed by atoms with E-state index in [1.54, 1.807) is 0 Å². The highest BCUT2D eigenvalue weighted by atomic mass is 19.3. The predicted octanol–water partition coefficient (Wildman–Crippen LogP) is 2.84. The molecule has 0 spiro atoms. The third-order valence-electron chi connectivity index (χ3n) is 2.43. The third-order valence-corrected chi connectivity index (χ3v) is 2.43. The number of nitrogens with two attached hydrogens (primary N) is 1. The second kappa shape index (κ2) is 5.06. The van der Waals surface area contributed by atoms with Crippen molar-refractivity contribution in [2.45, 2.75) is 32.8 Å². The van der Waals surface area contributed by atoms with E-state index >= 15 is 0 Å². The summed E-state index contributed by atoms with van der Waals surface area (Å²) in [4.78, 5) is 0. The Labute approximate surface area is 104 Å². The van der Waals surface area contributed by atoms with Crippen LogP contribution in [0, 0.1) is 12.7 Å². The van der Waals surface area contributed by atoms with E-state index in [9.17, 15) is 18.3 Å². The number of rotatable bonds is 4. The van der Waals surface area contributed by atoms with Crippen molar-refractivity contribution < 1.29 is 18.3 Å². The summed E-state index contributed by atoms with van der Waals surface area (Å²) < 4.78 is 39.4. The minimum absolute atomic E-state index is 0.0145. The number of nitrogens with one attached hydrogen (secondary N) is 1. The van der Waals surface area contributed by atoms with Gasteiger partial charge in [0, 0.05) is 6.54 Å². The number of anilines is 2. The molecule has 0 aliphatic rings. The molecule has 0 amide bonds. The van der Waals surface area contributed by atoms with Crippen LogP contribution in [0.1, 0.15) is 31.4 Å². The second-order valence-corrected chi connectivity index (χ2v) is 4.85. The summed E-state index contributed by atoms with van der Waals surface area (Å²) in [6, 6.07) is 1.29. The van der Waals surface area contributed by atoms with Gasteiger partial charge < -0.3 is 16.2 Å². The maximum atomic E-state index is 13.7. The van der Waals surface area contributed by atoms with Crippen LogP contribution in [0.25, 0.3) is 0 Å². The minimum Gasteiger partial charge on any atom is -0.397 e. The standard InChI is InChI=1S/C12H17F3N2O/c1-6-4-7(16)10(17-5-12(2,3)18)8(9(6)13)11(14)15/h4,11,17-18H,5,16H2,1-3H3. The first kappa shape index (κ1) is 14.6. The van der Waals surface area contributed by atoms with E-state index < -0.39 is 23.4 Å². The summed E-state index contributed by atoms with van der Waals surface area (Å²) in [6.45, 7) is 4.36. The fourth-order valence-electron chi connectivity index (χ4n) is 1.55. The van der Waals surface area contributed by atoms with Crippen LogP contribution in [-0.4, -0.2) is 17.3 Å². The molecular formula is C12H17F3N2O. The molecule has 3 nitrogen and oxygen atoms in total. The summed E-state index contributed by atoms with van der Waals surface area (Å²) in [6.07, 6.45) is -2.98. The van der Waals surface area contributed by atoms with Gasteiger partial charge in [-0.05, 0) is 32.4 Å². The Morgan fingerprint density at radius 1 is 1.44 bits per heavy atom. The van der Waals surface area contributed by atoms with E-state index in [2.05, 4.69) is 5.32 Å². The first-order valence-corrected chi connectivity index (χ1v) is 5.46. The molecule has 0 bridgehead atoms. The highest BCUT2D eigenvalue weighted by molar-refractivity contribution is 5.72. The van der Waals surface area contributed by atoms with Crippen LogP contribution in [0.4, 0.5) is 24.5 Å². The molecule has 4 N–H and O–H groups in total. The molecule has 6 heteroatoms. The van der Waals surface area contributed by atoms with Gasteiger partial charge in [-0.15, -0.1) is 0 Å². The van der Waals surface area contributed by atoms with Crippen molar-refractivity contribution in [3.63, 3.8) is 0 Å². The number of nitrogen functional groups attached to an aromatic ring is 1. The molecule has 0 unspecified atom stereocenters. The topological polar surface area (TPSA) is 58.3 Å². The number of aryl methyl sites for hydroxylation is 1. The number of hydrogen-bond donors (Lipinski definition) is 3. The van der Waals surface area contributed by atoms with Crippen LogP contribution in [0.5, 0.6) is 0 Å². The molecule has 0 fully saturated rings. The number of alkyl halides is 2. The van der Waals surface area contributed by atoms with Crippen LogP contribution in [0.2, 0.25) is 0 Å². The van der Waals surface area contributed by atoms with E-state index in [0.29, 0.717) is 0 Å². The molecule has 0 aliphatic heterocycles. The summed E-state index contributed by atoms with van der Waals surface area (Å²) >= 11 is 0. The fourth-order valence-corrected chi connectivity index (χ4v) is 1.55. The Kier molecular flexibility index (Phi) is 4.11. The second-order valence-electron chi connectivity index (χ2n) is 4.85. The highest BCUT2D eigenvalue weighted by Gasteiger charge is 2.24. The Hall–Kier alpha value is -1.43. The lowest BCUT2D eigenvalue weighted by Crippen LogP contribution is -2.30. The molecule has 18 heavy (non-hydrogen) atoms. The normalized spacial score (nSPS) is 12.0. The number of hydrogen-bond acceptors (Lipinski definition) is 3. The molecule has 0 atom stereocenters. The van der Waals surface area contributed by atoms with Gasteiger partial charge in [0.15, 0.2) is 0 Å². The number of aliphatic hydroxyl groups is 1. The molecule has 102 valence electrons. The van der Waals surface area contributed by atoms with E-state index in [1.165, 1.54) is 26.8 Å². The van der Waals surface area contributed by atoms with Crippen molar-refractivity contribution in [2.24, 2.45) is 0 Å².